The fraction of sp³-hybridized carbons (Fsp3) is 0. The number of rotatable bonds is 4. The van der Waals surface area contributed by atoms with Gasteiger partial charge >= 0.3 is 0 Å². The van der Waals surface area contributed by atoms with E-state index in [1.807, 2.05) is 23.5 Å². The molecular formula is C54H32BNO2S. The Morgan fingerprint density at radius 3 is 1.61 bits per heavy atom. The third-order valence-corrected chi connectivity index (χ3v) is 13.6. The van der Waals surface area contributed by atoms with Gasteiger partial charge in [0.2, 0.25) is 0 Å². The van der Waals surface area contributed by atoms with Crippen LogP contribution in [0.4, 0.5) is 0 Å². The summed E-state index contributed by atoms with van der Waals surface area (Å²) in [6.45, 7) is 0.0676. The molecule has 0 unspecified atom stereocenters. The van der Waals surface area contributed by atoms with Crippen LogP contribution in [-0.2, 0) is 0 Å². The van der Waals surface area contributed by atoms with E-state index in [2.05, 4.69) is 187 Å². The molecule has 13 rings (SSSR count). The molecule has 0 spiro atoms. The zero-order chi connectivity index (χ0) is 38.6. The highest BCUT2D eigenvalue weighted by atomic mass is 32.1. The topological polar surface area (TPSA) is 23.4 Å². The largest absolute Gasteiger partial charge is 0.458 e. The molecule has 2 aromatic heterocycles. The molecule has 4 heterocycles. The van der Waals surface area contributed by atoms with Gasteiger partial charge in [-0.15, -0.1) is 11.3 Å². The molecule has 3 nitrogen and oxygen atoms in total. The van der Waals surface area contributed by atoms with Crippen molar-refractivity contribution in [1.82, 2.24) is 4.57 Å². The molecule has 0 bridgehead atoms. The highest BCUT2D eigenvalue weighted by Crippen LogP contribution is 2.45. The molecule has 0 saturated carbocycles. The Bertz CT molecular complexity index is 3440. The maximum absolute atomic E-state index is 6.59. The lowest BCUT2D eigenvalue weighted by atomic mass is 9.35. The number of aromatic nitrogens is 1. The molecule has 0 amide bonds. The van der Waals surface area contributed by atoms with Crippen LogP contribution in [0.1, 0.15) is 0 Å². The van der Waals surface area contributed by atoms with Crippen molar-refractivity contribution in [2.75, 3.05) is 0 Å². The van der Waals surface area contributed by atoms with Crippen molar-refractivity contribution >= 4 is 76.4 Å². The maximum atomic E-state index is 6.59. The van der Waals surface area contributed by atoms with Crippen molar-refractivity contribution in [3.05, 3.63) is 194 Å². The number of hydrogen-bond acceptors (Lipinski definition) is 3. The minimum atomic E-state index is 0.0676. The number of hydrogen-bond donors (Lipinski definition) is 0. The lowest BCUT2D eigenvalue weighted by Crippen LogP contribution is -2.57. The number of para-hydroxylation sites is 4. The van der Waals surface area contributed by atoms with Crippen LogP contribution in [0.2, 0.25) is 0 Å². The van der Waals surface area contributed by atoms with Crippen LogP contribution < -0.4 is 25.9 Å². The second kappa shape index (κ2) is 12.6. The molecule has 11 aromatic rings. The van der Waals surface area contributed by atoms with E-state index in [0.717, 1.165) is 39.6 Å². The summed E-state index contributed by atoms with van der Waals surface area (Å²) < 4.78 is 18.2. The van der Waals surface area contributed by atoms with Gasteiger partial charge in [0.05, 0.1) is 11.0 Å². The van der Waals surface area contributed by atoms with Crippen molar-refractivity contribution in [3.63, 3.8) is 0 Å². The third-order valence-electron chi connectivity index (χ3n) is 12.3. The molecule has 0 saturated heterocycles. The van der Waals surface area contributed by atoms with Crippen LogP contribution in [0.25, 0.3) is 81.0 Å². The molecule has 59 heavy (non-hydrogen) atoms. The minimum absolute atomic E-state index is 0.0676. The first kappa shape index (κ1) is 32.7. The van der Waals surface area contributed by atoms with Gasteiger partial charge in [-0.2, -0.15) is 0 Å². The van der Waals surface area contributed by atoms with Gasteiger partial charge in [-0.3, -0.25) is 0 Å². The average Bonchev–Trinajstić information content (AvgIpc) is 3.85. The minimum Gasteiger partial charge on any atom is -0.458 e. The zero-order valence-corrected chi connectivity index (χ0v) is 32.5. The van der Waals surface area contributed by atoms with Crippen LogP contribution in [0, 0.1) is 0 Å². The number of nitrogens with zero attached hydrogens (tertiary/aromatic N) is 1. The van der Waals surface area contributed by atoms with Crippen molar-refractivity contribution in [2.45, 2.75) is 0 Å². The van der Waals surface area contributed by atoms with E-state index in [0.29, 0.717) is 0 Å². The van der Waals surface area contributed by atoms with E-state index in [9.17, 15) is 0 Å². The average molecular weight is 770 g/mol. The Morgan fingerprint density at radius 2 is 0.915 bits per heavy atom. The predicted molar refractivity (Wildman–Crippen MR) is 248 cm³/mol. The summed E-state index contributed by atoms with van der Waals surface area (Å²) >= 11 is 1.89. The van der Waals surface area contributed by atoms with E-state index in [-0.39, 0.29) is 6.71 Å². The van der Waals surface area contributed by atoms with Crippen molar-refractivity contribution < 1.29 is 9.47 Å². The molecule has 0 radical (unpaired) electrons. The highest BCUT2D eigenvalue weighted by Gasteiger charge is 2.40. The van der Waals surface area contributed by atoms with Gasteiger partial charge in [0.15, 0.2) is 0 Å². The Balaban J connectivity index is 0.896. The van der Waals surface area contributed by atoms with Crippen molar-refractivity contribution in [3.8, 4) is 62.1 Å². The van der Waals surface area contributed by atoms with E-state index in [1.165, 1.54) is 80.8 Å². The summed E-state index contributed by atoms with van der Waals surface area (Å²) in [4.78, 5) is 0. The van der Waals surface area contributed by atoms with E-state index >= 15 is 0 Å². The fourth-order valence-corrected chi connectivity index (χ4v) is 11.0. The van der Waals surface area contributed by atoms with Gasteiger partial charge in [-0.25, -0.2) is 0 Å². The summed E-state index contributed by atoms with van der Waals surface area (Å²) in [5.74, 6) is 3.50. The summed E-state index contributed by atoms with van der Waals surface area (Å²) in [6, 6.07) is 70.0. The second-order valence-corrected chi connectivity index (χ2v) is 16.6. The SMILES string of the molecule is c1ccc(-n2c3ccccc3c3cc(-c4cccc5c4sc4c(-c6ccc(-c7cc8c9c(c7)Oc7ccccc7B9c7ccccc7O8)cc6)cccc45)ccc32)cc1. The molecule has 274 valence electrons. The van der Waals surface area contributed by atoms with E-state index < -0.39 is 0 Å². The highest BCUT2D eigenvalue weighted by molar-refractivity contribution is 7.26. The Labute approximate surface area is 345 Å². The maximum Gasteiger partial charge on any atom is 0.260 e. The Hall–Kier alpha value is -7.34. The second-order valence-electron chi connectivity index (χ2n) is 15.6. The Kier molecular flexibility index (Phi) is 6.98. The molecule has 0 aliphatic carbocycles. The predicted octanol–water partition coefficient (Wildman–Crippen LogP) is 12.9. The summed E-state index contributed by atoms with van der Waals surface area (Å²) in [6.07, 6.45) is 0. The smallest absolute Gasteiger partial charge is 0.260 e. The first-order valence-corrected chi connectivity index (χ1v) is 20.9. The molecule has 0 N–H and O–H groups in total. The van der Waals surface area contributed by atoms with Gasteiger partial charge in [-0.05, 0) is 98.9 Å². The van der Waals surface area contributed by atoms with Crippen molar-refractivity contribution in [2.24, 2.45) is 0 Å². The van der Waals surface area contributed by atoms with Gasteiger partial charge in [0.25, 0.3) is 6.71 Å². The van der Waals surface area contributed by atoms with Crippen LogP contribution in [-0.4, -0.2) is 11.3 Å². The molecule has 0 atom stereocenters. The van der Waals surface area contributed by atoms with Gasteiger partial charge < -0.3 is 14.0 Å². The Morgan fingerprint density at radius 1 is 0.373 bits per heavy atom. The number of fused-ring (bicyclic) bond motifs is 10. The third kappa shape index (κ3) is 4.89. The summed E-state index contributed by atoms with van der Waals surface area (Å²) in [5.41, 5.74) is 14.1. The first-order valence-electron chi connectivity index (χ1n) is 20.1. The van der Waals surface area contributed by atoms with Gasteiger partial charge in [0.1, 0.15) is 23.0 Å². The quantitative estimate of drug-likeness (QED) is 0.166. The van der Waals surface area contributed by atoms with Crippen molar-refractivity contribution in [1.29, 1.82) is 0 Å². The summed E-state index contributed by atoms with van der Waals surface area (Å²) in [5, 5.41) is 5.10. The van der Waals surface area contributed by atoms with E-state index in [1.54, 1.807) is 0 Å². The lowest BCUT2D eigenvalue weighted by molar-refractivity contribution is 0.465. The molecular weight excluding hydrogens is 737 g/mol. The number of thiophene rings is 1. The monoisotopic (exact) mass is 769 g/mol. The van der Waals surface area contributed by atoms with Crippen LogP contribution in [0.15, 0.2) is 194 Å². The van der Waals surface area contributed by atoms with Crippen LogP contribution in [0.3, 0.4) is 0 Å². The lowest BCUT2D eigenvalue weighted by Gasteiger charge is -2.33. The normalized spacial score (nSPS) is 12.6. The molecule has 2 aliphatic heterocycles. The first-order chi connectivity index (χ1) is 29.2. The van der Waals surface area contributed by atoms with Crippen LogP contribution >= 0.6 is 11.3 Å². The van der Waals surface area contributed by atoms with Gasteiger partial charge in [-0.1, -0.05) is 140 Å². The fourth-order valence-electron chi connectivity index (χ4n) is 9.67. The zero-order valence-electron chi connectivity index (χ0n) is 31.7. The summed E-state index contributed by atoms with van der Waals surface area (Å²) in [7, 11) is 0. The molecule has 2 aliphatic rings. The molecule has 0 fully saturated rings. The number of ether oxygens (including phenoxy) is 2. The molecule has 5 heteroatoms. The van der Waals surface area contributed by atoms with Gasteiger partial charge in [0, 0.05) is 42.1 Å². The standard InChI is InChI=1S/C54H32BNO2S/c1-2-12-37(13-3-1)56-46-21-7-4-14-40(46)43-30-35(28-29-47(43)56)39-16-11-18-42-41-17-10-15-38(53(41)59-54(39)42)34-26-24-33(25-27-34)36-31-50-52-51(32-36)58-49-23-9-6-20-45(49)55(52)44-19-5-8-22-48(44)57-50/h1-32H. The number of benzene rings is 9. The molecule has 9 aromatic carbocycles. The van der Waals surface area contributed by atoms with Crippen LogP contribution in [0.5, 0.6) is 23.0 Å². The van der Waals surface area contributed by atoms with E-state index in [4.69, 9.17) is 9.47 Å².